The Kier molecular flexibility index (Phi) is 8.62. The van der Waals surface area contributed by atoms with Crippen molar-refractivity contribution in [2.24, 2.45) is 4.99 Å². The van der Waals surface area contributed by atoms with Crippen molar-refractivity contribution in [2.45, 2.75) is 45.8 Å². The lowest BCUT2D eigenvalue weighted by molar-refractivity contribution is 0.0146. The molecule has 1 aliphatic heterocycles. The van der Waals surface area contributed by atoms with Gasteiger partial charge in [0.15, 0.2) is 5.96 Å². The number of hydrogen-bond acceptors (Lipinski definition) is 5. The molecule has 0 unspecified atom stereocenters. The molecule has 152 valence electrons. The number of nitrogens with one attached hydrogen (secondary N) is 2. The summed E-state index contributed by atoms with van der Waals surface area (Å²) in [7, 11) is 3.46. The van der Waals surface area contributed by atoms with Gasteiger partial charge in [0, 0.05) is 60.0 Å². The normalized spacial score (nSPS) is 17.2. The number of amides is 1. The van der Waals surface area contributed by atoms with Gasteiger partial charge in [-0.15, -0.1) is 0 Å². The van der Waals surface area contributed by atoms with Gasteiger partial charge in [0.1, 0.15) is 5.60 Å². The minimum Gasteiger partial charge on any atom is -0.444 e. The fourth-order valence-electron chi connectivity index (χ4n) is 2.40. The number of nitrogens with zero attached hydrogens (tertiary/aromatic N) is 3. The predicted molar refractivity (Wildman–Crippen MR) is 105 cm³/mol. The second kappa shape index (κ2) is 9.97. The van der Waals surface area contributed by atoms with Crippen LogP contribution in [0.1, 0.15) is 34.6 Å². The second-order valence-electron chi connectivity index (χ2n) is 8.13. The molecule has 0 atom stereocenters. The Morgan fingerprint density at radius 2 is 1.69 bits per heavy atom. The molecule has 26 heavy (non-hydrogen) atoms. The highest BCUT2D eigenvalue weighted by atomic mass is 16.6. The summed E-state index contributed by atoms with van der Waals surface area (Å²) in [5.74, 6) is 0.766. The molecule has 1 aliphatic rings. The third-order valence-electron chi connectivity index (χ3n) is 4.20. The number of ether oxygens (including phenoxy) is 2. The highest BCUT2D eigenvalue weighted by molar-refractivity contribution is 5.79. The van der Waals surface area contributed by atoms with Crippen molar-refractivity contribution >= 4 is 12.1 Å². The standard InChI is InChI=1S/C18H37N5O3/c1-17(2,3)26-16(24)23-12-10-22(11-13-23)9-8-20-15(19-6)21-14-18(4,5)25-7/h8-14H2,1-7H3,(H2,19,20,21). The van der Waals surface area contributed by atoms with Crippen LogP contribution in [0.25, 0.3) is 0 Å². The summed E-state index contributed by atoms with van der Waals surface area (Å²) < 4.78 is 10.8. The minimum atomic E-state index is -0.446. The summed E-state index contributed by atoms with van der Waals surface area (Å²) >= 11 is 0. The molecule has 1 rings (SSSR count). The molecule has 8 nitrogen and oxygen atoms in total. The molecule has 1 heterocycles. The molecule has 0 aliphatic carbocycles. The van der Waals surface area contributed by atoms with Gasteiger partial charge in [0.25, 0.3) is 0 Å². The molecule has 8 heteroatoms. The van der Waals surface area contributed by atoms with Crippen molar-refractivity contribution in [2.75, 3.05) is 60.0 Å². The van der Waals surface area contributed by atoms with E-state index in [4.69, 9.17) is 9.47 Å². The van der Waals surface area contributed by atoms with E-state index in [-0.39, 0.29) is 11.7 Å². The molecule has 0 aromatic heterocycles. The lowest BCUT2D eigenvalue weighted by Gasteiger charge is -2.35. The first-order valence-corrected chi connectivity index (χ1v) is 9.26. The first-order chi connectivity index (χ1) is 12.1. The van der Waals surface area contributed by atoms with Gasteiger partial charge in [-0.1, -0.05) is 0 Å². The average Bonchev–Trinajstić information content (AvgIpc) is 2.57. The maximum absolute atomic E-state index is 12.1. The number of guanidine groups is 1. The van der Waals surface area contributed by atoms with E-state index in [9.17, 15) is 4.79 Å². The van der Waals surface area contributed by atoms with E-state index in [0.29, 0.717) is 19.6 Å². The fourth-order valence-corrected chi connectivity index (χ4v) is 2.40. The maximum atomic E-state index is 12.1. The van der Waals surface area contributed by atoms with Crippen molar-refractivity contribution < 1.29 is 14.3 Å². The Morgan fingerprint density at radius 3 is 2.19 bits per heavy atom. The molecule has 0 aromatic rings. The molecule has 2 N–H and O–H groups in total. The molecule has 0 radical (unpaired) electrons. The summed E-state index contributed by atoms with van der Waals surface area (Å²) in [5.41, 5.74) is -0.686. The first kappa shape index (κ1) is 22.5. The van der Waals surface area contributed by atoms with Crippen LogP contribution in [-0.4, -0.2) is 93.0 Å². The summed E-state index contributed by atoms with van der Waals surface area (Å²) in [5, 5.41) is 6.58. The lowest BCUT2D eigenvalue weighted by Crippen LogP contribution is -2.52. The fraction of sp³-hybridized carbons (Fsp3) is 0.889. The molecular weight excluding hydrogens is 334 g/mol. The zero-order chi connectivity index (χ0) is 19.8. The van der Waals surface area contributed by atoms with Crippen LogP contribution in [0.2, 0.25) is 0 Å². The Morgan fingerprint density at radius 1 is 1.08 bits per heavy atom. The van der Waals surface area contributed by atoms with Gasteiger partial charge < -0.3 is 25.0 Å². The van der Waals surface area contributed by atoms with Crippen LogP contribution in [-0.2, 0) is 9.47 Å². The van der Waals surface area contributed by atoms with Gasteiger partial charge in [-0.2, -0.15) is 0 Å². The maximum Gasteiger partial charge on any atom is 0.410 e. The van der Waals surface area contributed by atoms with Gasteiger partial charge in [-0.3, -0.25) is 9.89 Å². The van der Waals surface area contributed by atoms with E-state index < -0.39 is 5.60 Å². The molecule has 1 saturated heterocycles. The van der Waals surface area contributed by atoms with Gasteiger partial charge in [-0.05, 0) is 34.6 Å². The number of hydrogen-bond donors (Lipinski definition) is 2. The average molecular weight is 372 g/mol. The van der Waals surface area contributed by atoms with Crippen molar-refractivity contribution in [3.05, 3.63) is 0 Å². The van der Waals surface area contributed by atoms with Crippen molar-refractivity contribution in [3.63, 3.8) is 0 Å². The zero-order valence-corrected chi connectivity index (χ0v) is 17.5. The summed E-state index contributed by atoms with van der Waals surface area (Å²) in [6, 6.07) is 0. The molecule has 0 aromatic carbocycles. The Balaban J connectivity index is 2.26. The van der Waals surface area contributed by atoms with Crippen molar-refractivity contribution in [3.8, 4) is 0 Å². The monoisotopic (exact) mass is 371 g/mol. The first-order valence-electron chi connectivity index (χ1n) is 9.26. The summed E-state index contributed by atoms with van der Waals surface area (Å²) in [4.78, 5) is 20.4. The van der Waals surface area contributed by atoms with E-state index in [2.05, 4.69) is 20.5 Å². The van der Waals surface area contributed by atoms with E-state index in [0.717, 1.165) is 32.1 Å². The summed E-state index contributed by atoms with van der Waals surface area (Å²) in [6.07, 6.45) is -0.222. The topological polar surface area (TPSA) is 78.4 Å². The highest BCUT2D eigenvalue weighted by Gasteiger charge is 2.25. The second-order valence-corrected chi connectivity index (χ2v) is 8.13. The van der Waals surface area contributed by atoms with Crippen LogP contribution in [0.3, 0.4) is 0 Å². The molecule has 0 bridgehead atoms. The van der Waals surface area contributed by atoms with Crippen LogP contribution in [0.5, 0.6) is 0 Å². The Hall–Kier alpha value is -1.54. The van der Waals surface area contributed by atoms with Gasteiger partial charge in [0.2, 0.25) is 0 Å². The minimum absolute atomic E-state index is 0.222. The number of aliphatic imine (C=N–C) groups is 1. The van der Waals surface area contributed by atoms with E-state index in [1.165, 1.54) is 0 Å². The largest absolute Gasteiger partial charge is 0.444 e. The Bertz CT molecular complexity index is 466. The zero-order valence-electron chi connectivity index (χ0n) is 17.5. The third-order valence-corrected chi connectivity index (χ3v) is 4.20. The van der Waals surface area contributed by atoms with Crippen molar-refractivity contribution in [1.29, 1.82) is 0 Å². The van der Waals surface area contributed by atoms with Gasteiger partial charge in [0.05, 0.1) is 5.60 Å². The molecule has 1 fully saturated rings. The van der Waals surface area contributed by atoms with Gasteiger partial charge in [-0.25, -0.2) is 4.79 Å². The highest BCUT2D eigenvalue weighted by Crippen LogP contribution is 2.11. The molecule has 1 amide bonds. The third kappa shape index (κ3) is 8.71. The van der Waals surface area contributed by atoms with Crippen LogP contribution >= 0.6 is 0 Å². The molecule has 0 saturated carbocycles. The number of rotatable bonds is 6. The molecule has 0 spiro atoms. The SMILES string of the molecule is CN=C(NCCN1CCN(C(=O)OC(C)(C)C)CC1)NCC(C)(C)OC. The predicted octanol–water partition coefficient (Wildman–Crippen LogP) is 1.13. The van der Waals surface area contributed by atoms with Crippen LogP contribution in [0.4, 0.5) is 4.79 Å². The van der Waals surface area contributed by atoms with Crippen molar-refractivity contribution in [1.82, 2.24) is 20.4 Å². The van der Waals surface area contributed by atoms with E-state index in [1.807, 2.05) is 34.6 Å². The Labute approximate surface area is 158 Å². The summed E-state index contributed by atoms with van der Waals surface area (Å²) in [6.45, 7) is 15.2. The quantitative estimate of drug-likeness (QED) is 0.538. The van der Waals surface area contributed by atoms with Gasteiger partial charge >= 0.3 is 6.09 Å². The van der Waals surface area contributed by atoms with E-state index >= 15 is 0 Å². The molecular formula is C18H37N5O3. The smallest absolute Gasteiger partial charge is 0.410 e. The number of carbonyl (C=O) groups excluding carboxylic acids is 1. The van der Waals surface area contributed by atoms with E-state index in [1.54, 1.807) is 19.1 Å². The van der Waals surface area contributed by atoms with Crippen LogP contribution in [0, 0.1) is 0 Å². The number of methoxy groups -OCH3 is 1. The number of carbonyl (C=O) groups is 1. The van der Waals surface area contributed by atoms with Crippen LogP contribution in [0.15, 0.2) is 4.99 Å². The number of piperazine rings is 1. The van der Waals surface area contributed by atoms with Crippen LogP contribution < -0.4 is 10.6 Å². The lowest BCUT2D eigenvalue weighted by atomic mass is 10.1.